The second kappa shape index (κ2) is 6.05. The van der Waals surface area contributed by atoms with E-state index in [0.29, 0.717) is 12.1 Å². The van der Waals surface area contributed by atoms with Crippen molar-refractivity contribution in [1.29, 1.82) is 0 Å². The molecule has 1 fully saturated rings. The molecule has 1 saturated heterocycles. The Balaban J connectivity index is 1.54. The van der Waals surface area contributed by atoms with E-state index in [1.165, 1.54) is 37.1 Å². The molecule has 0 aromatic heterocycles. The summed E-state index contributed by atoms with van der Waals surface area (Å²) in [4.78, 5) is 2.59. The molecule has 0 bridgehead atoms. The number of halogens is 1. The van der Waals surface area contributed by atoms with E-state index in [2.05, 4.69) is 36.2 Å². The molecule has 2 aliphatic rings. The molecular formula is C17H25ClN2. The number of fused-ring (bicyclic) bond motifs is 1. The van der Waals surface area contributed by atoms with E-state index in [4.69, 9.17) is 11.6 Å². The summed E-state index contributed by atoms with van der Waals surface area (Å²) in [6, 6.07) is 7.59. The summed E-state index contributed by atoms with van der Waals surface area (Å²) in [5.74, 6) is 0.814. The van der Waals surface area contributed by atoms with Gasteiger partial charge >= 0.3 is 0 Å². The van der Waals surface area contributed by atoms with Gasteiger partial charge in [0.25, 0.3) is 0 Å². The largest absolute Gasteiger partial charge is 0.310 e. The fourth-order valence-corrected chi connectivity index (χ4v) is 3.80. The molecule has 1 aromatic carbocycles. The normalized spacial score (nSPS) is 26.4. The standard InChI is InChI=1S/C17H25ClN2/c1-12(2)20-8-7-13(11-20)10-19-17-6-3-14-9-15(18)4-5-16(14)17/h4-5,9,12-13,17,19H,3,6-8,10-11H2,1-2H3. The van der Waals surface area contributed by atoms with Crippen molar-refractivity contribution in [2.75, 3.05) is 19.6 Å². The molecule has 3 heteroatoms. The van der Waals surface area contributed by atoms with Gasteiger partial charge in [-0.2, -0.15) is 0 Å². The minimum atomic E-state index is 0.537. The lowest BCUT2D eigenvalue weighted by molar-refractivity contribution is 0.262. The highest BCUT2D eigenvalue weighted by atomic mass is 35.5. The van der Waals surface area contributed by atoms with Crippen molar-refractivity contribution in [2.24, 2.45) is 5.92 Å². The summed E-state index contributed by atoms with van der Waals surface area (Å²) in [7, 11) is 0. The zero-order chi connectivity index (χ0) is 14.1. The van der Waals surface area contributed by atoms with Gasteiger partial charge in [-0.3, -0.25) is 0 Å². The lowest BCUT2D eigenvalue weighted by Gasteiger charge is -2.21. The zero-order valence-corrected chi connectivity index (χ0v) is 13.3. The quantitative estimate of drug-likeness (QED) is 0.911. The number of aryl methyl sites for hydroxylation is 1. The van der Waals surface area contributed by atoms with Gasteiger partial charge in [0.05, 0.1) is 0 Å². The molecule has 0 radical (unpaired) electrons. The Labute approximate surface area is 127 Å². The Morgan fingerprint density at radius 2 is 2.20 bits per heavy atom. The fraction of sp³-hybridized carbons (Fsp3) is 0.647. The van der Waals surface area contributed by atoms with Gasteiger partial charge in [-0.1, -0.05) is 17.7 Å². The zero-order valence-electron chi connectivity index (χ0n) is 12.5. The summed E-state index contributed by atoms with van der Waals surface area (Å²) >= 11 is 6.07. The van der Waals surface area contributed by atoms with E-state index >= 15 is 0 Å². The predicted octanol–water partition coefficient (Wildman–Crippen LogP) is 3.65. The number of benzene rings is 1. The van der Waals surface area contributed by atoms with Crippen LogP contribution in [-0.4, -0.2) is 30.6 Å². The maximum Gasteiger partial charge on any atom is 0.0408 e. The third-order valence-corrected chi connectivity index (χ3v) is 5.12. The van der Waals surface area contributed by atoms with Crippen LogP contribution in [0.5, 0.6) is 0 Å². The summed E-state index contributed by atoms with van der Waals surface area (Å²) in [6.45, 7) is 8.27. The molecule has 2 nitrogen and oxygen atoms in total. The lowest BCUT2D eigenvalue weighted by Crippen LogP contribution is -2.31. The Morgan fingerprint density at radius 1 is 1.35 bits per heavy atom. The molecule has 110 valence electrons. The molecule has 2 unspecified atom stereocenters. The second-order valence-electron chi connectivity index (χ2n) is 6.59. The SMILES string of the molecule is CC(C)N1CCC(CNC2CCc3cc(Cl)ccc32)C1. The molecule has 0 saturated carbocycles. The number of nitrogens with zero attached hydrogens (tertiary/aromatic N) is 1. The van der Waals surface area contributed by atoms with Gasteiger partial charge in [0.1, 0.15) is 0 Å². The topological polar surface area (TPSA) is 15.3 Å². The van der Waals surface area contributed by atoms with E-state index in [0.717, 1.165) is 23.9 Å². The number of likely N-dealkylation sites (tertiary alicyclic amines) is 1. The third-order valence-electron chi connectivity index (χ3n) is 4.88. The van der Waals surface area contributed by atoms with Crippen LogP contribution >= 0.6 is 11.6 Å². The maximum absolute atomic E-state index is 6.07. The Kier molecular flexibility index (Phi) is 4.34. The van der Waals surface area contributed by atoms with Crippen molar-refractivity contribution in [1.82, 2.24) is 10.2 Å². The summed E-state index contributed by atoms with van der Waals surface area (Å²) < 4.78 is 0. The van der Waals surface area contributed by atoms with Crippen LogP contribution in [-0.2, 0) is 6.42 Å². The smallest absolute Gasteiger partial charge is 0.0408 e. The van der Waals surface area contributed by atoms with Crippen LogP contribution in [0.25, 0.3) is 0 Å². The minimum absolute atomic E-state index is 0.537. The van der Waals surface area contributed by atoms with Crippen LogP contribution in [0.3, 0.4) is 0 Å². The first-order valence-corrected chi connectivity index (χ1v) is 8.27. The summed E-state index contributed by atoms with van der Waals surface area (Å²) in [5, 5.41) is 4.66. The molecule has 2 atom stereocenters. The highest BCUT2D eigenvalue weighted by molar-refractivity contribution is 6.30. The van der Waals surface area contributed by atoms with Crippen LogP contribution in [0.4, 0.5) is 0 Å². The summed E-state index contributed by atoms with van der Waals surface area (Å²) in [5.41, 5.74) is 2.90. The molecular weight excluding hydrogens is 268 g/mol. The molecule has 20 heavy (non-hydrogen) atoms. The van der Waals surface area contributed by atoms with Gasteiger partial charge in [0.15, 0.2) is 0 Å². The average molecular weight is 293 g/mol. The number of hydrogen-bond donors (Lipinski definition) is 1. The Hall–Kier alpha value is -0.570. The second-order valence-corrected chi connectivity index (χ2v) is 7.02. The van der Waals surface area contributed by atoms with Crippen molar-refractivity contribution in [3.8, 4) is 0 Å². The van der Waals surface area contributed by atoms with E-state index in [-0.39, 0.29) is 0 Å². The van der Waals surface area contributed by atoms with Crippen LogP contribution in [0.1, 0.15) is 43.9 Å². The van der Waals surface area contributed by atoms with Crippen molar-refractivity contribution in [2.45, 2.75) is 45.2 Å². The number of nitrogens with one attached hydrogen (secondary N) is 1. The van der Waals surface area contributed by atoms with Crippen LogP contribution in [0.15, 0.2) is 18.2 Å². The van der Waals surface area contributed by atoms with Crippen LogP contribution in [0, 0.1) is 5.92 Å². The molecule has 1 N–H and O–H groups in total. The first-order valence-electron chi connectivity index (χ1n) is 7.89. The molecule has 3 rings (SSSR count). The van der Waals surface area contributed by atoms with Crippen molar-refractivity contribution in [3.05, 3.63) is 34.3 Å². The van der Waals surface area contributed by atoms with Gasteiger partial charge < -0.3 is 10.2 Å². The lowest BCUT2D eigenvalue weighted by atomic mass is 10.1. The minimum Gasteiger partial charge on any atom is -0.310 e. The molecule has 1 aromatic rings. The van der Waals surface area contributed by atoms with E-state index in [1.54, 1.807) is 0 Å². The molecule has 0 spiro atoms. The van der Waals surface area contributed by atoms with E-state index in [9.17, 15) is 0 Å². The summed E-state index contributed by atoms with van der Waals surface area (Å²) in [6.07, 6.45) is 3.72. The van der Waals surface area contributed by atoms with E-state index < -0.39 is 0 Å². The Bertz CT molecular complexity index is 472. The fourth-order valence-electron chi connectivity index (χ4n) is 3.61. The molecule has 1 aliphatic heterocycles. The van der Waals surface area contributed by atoms with Gasteiger partial charge in [-0.25, -0.2) is 0 Å². The van der Waals surface area contributed by atoms with Crippen molar-refractivity contribution in [3.63, 3.8) is 0 Å². The molecule has 1 heterocycles. The third kappa shape index (κ3) is 3.03. The first-order chi connectivity index (χ1) is 9.63. The van der Waals surface area contributed by atoms with Crippen LogP contribution < -0.4 is 5.32 Å². The monoisotopic (exact) mass is 292 g/mol. The van der Waals surface area contributed by atoms with Gasteiger partial charge in [-0.05, 0) is 75.4 Å². The first kappa shape index (κ1) is 14.4. The van der Waals surface area contributed by atoms with Crippen LogP contribution in [0.2, 0.25) is 5.02 Å². The highest BCUT2D eigenvalue weighted by Crippen LogP contribution is 2.33. The van der Waals surface area contributed by atoms with Gasteiger partial charge in [-0.15, -0.1) is 0 Å². The molecule has 1 aliphatic carbocycles. The highest BCUT2D eigenvalue weighted by Gasteiger charge is 2.27. The predicted molar refractivity (Wildman–Crippen MR) is 85.3 cm³/mol. The van der Waals surface area contributed by atoms with Gasteiger partial charge in [0.2, 0.25) is 0 Å². The van der Waals surface area contributed by atoms with Gasteiger partial charge in [0, 0.05) is 23.7 Å². The average Bonchev–Trinajstić information content (AvgIpc) is 3.02. The number of hydrogen-bond acceptors (Lipinski definition) is 2. The maximum atomic E-state index is 6.07. The van der Waals surface area contributed by atoms with Crippen molar-refractivity contribution >= 4 is 11.6 Å². The number of rotatable bonds is 4. The van der Waals surface area contributed by atoms with E-state index in [1.807, 2.05) is 6.07 Å². The Morgan fingerprint density at radius 3 is 2.95 bits per heavy atom. The molecule has 0 amide bonds. The van der Waals surface area contributed by atoms with Crippen molar-refractivity contribution < 1.29 is 0 Å².